The lowest BCUT2D eigenvalue weighted by Gasteiger charge is -2.30. The van der Waals surface area contributed by atoms with Crippen LogP contribution in [0.2, 0.25) is 0 Å². The second-order valence-corrected chi connectivity index (χ2v) is 6.23. The quantitative estimate of drug-likeness (QED) is 0.780. The first kappa shape index (κ1) is 17.7. The van der Waals surface area contributed by atoms with Gasteiger partial charge in [0, 0.05) is 37.5 Å². The van der Waals surface area contributed by atoms with Crippen molar-refractivity contribution < 1.29 is 9.59 Å². The molecule has 0 saturated heterocycles. The third-order valence-corrected chi connectivity index (χ3v) is 4.36. The fourth-order valence-corrected chi connectivity index (χ4v) is 3.06. The van der Waals surface area contributed by atoms with Crippen molar-refractivity contribution in [1.82, 2.24) is 15.4 Å². The van der Waals surface area contributed by atoms with Crippen LogP contribution in [0.1, 0.15) is 18.4 Å². The Morgan fingerprint density at radius 3 is 2.62 bits per heavy atom. The Bertz CT molecular complexity index is 846. The number of nitrogens with zero attached hydrogens (tertiary/aromatic N) is 2. The van der Waals surface area contributed by atoms with E-state index in [2.05, 4.69) is 16.9 Å². The van der Waals surface area contributed by atoms with Gasteiger partial charge in [0.25, 0.3) is 11.5 Å². The zero-order valence-electron chi connectivity index (χ0n) is 14.5. The summed E-state index contributed by atoms with van der Waals surface area (Å²) >= 11 is 0. The first-order valence-corrected chi connectivity index (χ1v) is 8.69. The molecule has 1 aromatic carbocycles. The molecule has 2 aromatic rings. The summed E-state index contributed by atoms with van der Waals surface area (Å²) < 4.78 is 1.45. The predicted molar refractivity (Wildman–Crippen MR) is 98.6 cm³/mol. The van der Waals surface area contributed by atoms with Crippen LogP contribution in [0.15, 0.2) is 53.5 Å². The Labute approximate surface area is 151 Å². The standard InChI is InChI=1S/C19H22N4O3/c24-17(10-13-22-11-4-3-9-19(22)26)20-21-18(25)14-23-12-5-7-15-6-1-2-8-16(15)23/h1-4,6,8-9,11H,5,7,10,12-14H2,(H,20,24)(H,21,25). The Hall–Kier alpha value is -3.09. The topological polar surface area (TPSA) is 83.4 Å². The van der Waals surface area contributed by atoms with E-state index in [1.165, 1.54) is 16.2 Å². The van der Waals surface area contributed by atoms with Crippen molar-refractivity contribution in [3.8, 4) is 0 Å². The van der Waals surface area contributed by atoms with Crippen LogP contribution in [0.5, 0.6) is 0 Å². The molecular formula is C19H22N4O3. The molecule has 0 saturated carbocycles. The molecule has 136 valence electrons. The van der Waals surface area contributed by atoms with Gasteiger partial charge in [0.05, 0.1) is 6.54 Å². The molecule has 0 aliphatic carbocycles. The summed E-state index contributed by atoms with van der Waals surface area (Å²) in [5.41, 5.74) is 7.00. The number of aryl methyl sites for hydroxylation is 2. The van der Waals surface area contributed by atoms with E-state index in [9.17, 15) is 14.4 Å². The van der Waals surface area contributed by atoms with Gasteiger partial charge < -0.3 is 9.47 Å². The van der Waals surface area contributed by atoms with Crippen molar-refractivity contribution in [2.45, 2.75) is 25.8 Å². The van der Waals surface area contributed by atoms with E-state index in [4.69, 9.17) is 0 Å². The largest absolute Gasteiger partial charge is 0.362 e. The number of fused-ring (bicyclic) bond motifs is 1. The van der Waals surface area contributed by atoms with Crippen LogP contribution in [0.4, 0.5) is 5.69 Å². The minimum absolute atomic E-state index is 0.108. The summed E-state index contributed by atoms with van der Waals surface area (Å²) in [5, 5.41) is 0. The molecule has 2 heterocycles. The number of hydrazine groups is 1. The molecule has 2 N–H and O–H groups in total. The third-order valence-electron chi connectivity index (χ3n) is 4.36. The highest BCUT2D eigenvalue weighted by Crippen LogP contribution is 2.26. The second-order valence-electron chi connectivity index (χ2n) is 6.23. The molecule has 7 heteroatoms. The maximum atomic E-state index is 12.1. The molecule has 26 heavy (non-hydrogen) atoms. The lowest BCUT2D eigenvalue weighted by Crippen LogP contribution is -2.47. The molecule has 7 nitrogen and oxygen atoms in total. The zero-order valence-corrected chi connectivity index (χ0v) is 14.5. The molecule has 0 radical (unpaired) electrons. The number of pyridine rings is 1. The third kappa shape index (κ3) is 4.50. The van der Waals surface area contributed by atoms with Gasteiger partial charge in [-0.05, 0) is 30.5 Å². The van der Waals surface area contributed by atoms with Crippen LogP contribution in [0.3, 0.4) is 0 Å². The highest BCUT2D eigenvalue weighted by atomic mass is 16.2. The lowest BCUT2D eigenvalue weighted by molar-refractivity contribution is -0.128. The van der Waals surface area contributed by atoms with Gasteiger partial charge >= 0.3 is 0 Å². The molecule has 0 fully saturated rings. The van der Waals surface area contributed by atoms with Gasteiger partial charge in [0.1, 0.15) is 0 Å². The number of carbonyl (C=O) groups is 2. The number of hydrogen-bond acceptors (Lipinski definition) is 4. The summed E-state index contributed by atoms with van der Waals surface area (Å²) in [6, 6.07) is 12.9. The minimum Gasteiger partial charge on any atom is -0.362 e. The molecule has 0 atom stereocenters. The van der Waals surface area contributed by atoms with E-state index in [0.29, 0.717) is 0 Å². The van der Waals surface area contributed by atoms with Gasteiger partial charge in [-0.25, -0.2) is 0 Å². The monoisotopic (exact) mass is 354 g/mol. The molecule has 0 bridgehead atoms. The van der Waals surface area contributed by atoms with E-state index < -0.39 is 0 Å². The highest BCUT2D eigenvalue weighted by molar-refractivity contribution is 5.85. The fourth-order valence-electron chi connectivity index (χ4n) is 3.06. The molecule has 1 aliphatic heterocycles. The number of rotatable bonds is 5. The van der Waals surface area contributed by atoms with Crippen LogP contribution in [-0.4, -0.2) is 29.5 Å². The van der Waals surface area contributed by atoms with Crippen molar-refractivity contribution in [1.29, 1.82) is 0 Å². The van der Waals surface area contributed by atoms with Gasteiger partial charge in [-0.1, -0.05) is 24.3 Å². The number of nitrogens with one attached hydrogen (secondary N) is 2. The number of benzene rings is 1. The van der Waals surface area contributed by atoms with E-state index in [0.717, 1.165) is 25.1 Å². The van der Waals surface area contributed by atoms with E-state index in [-0.39, 0.29) is 36.9 Å². The van der Waals surface area contributed by atoms with Crippen LogP contribution in [0.25, 0.3) is 0 Å². The van der Waals surface area contributed by atoms with Gasteiger partial charge in [-0.2, -0.15) is 0 Å². The van der Waals surface area contributed by atoms with E-state index >= 15 is 0 Å². The first-order valence-electron chi connectivity index (χ1n) is 8.69. The first-order chi connectivity index (χ1) is 12.6. The molecule has 0 unspecified atom stereocenters. The Balaban J connectivity index is 1.45. The zero-order chi connectivity index (χ0) is 18.4. The van der Waals surface area contributed by atoms with Crippen molar-refractivity contribution in [3.05, 3.63) is 64.6 Å². The van der Waals surface area contributed by atoms with E-state index in [1.807, 2.05) is 23.1 Å². The molecule has 1 aliphatic rings. The molecule has 0 spiro atoms. The van der Waals surface area contributed by atoms with Crippen LogP contribution in [0, 0.1) is 0 Å². The number of carbonyl (C=O) groups excluding carboxylic acids is 2. The van der Waals surface area contributed by atoms with Gasteiger partial charge in [-0.3, -0.25) is 25.2 Å². The van der Waals surface area contributed by atoms with Crippen molar-refractivity contribution in [2.24, 2.45) is 0 Å². The predicted octanol–water partition coefficient (Wildman–Crippen LogP) is 0.839. The molecular weight excluding hydrogens is 332 g/mol. The van der Waals surface area contributed by atoms with Crippen molar-refractivity contribution in [3.63, 3.8) is 0 Å². The average molecular weight is 354 g/mol. The van der Waals surface area contributed by atoms with E-state index in [1.54, 1.807) is 18.3 Å². The molecule has 2 amide bonds. The Morgan fingerprint density at radius 2 is 1.77 bits per heavy atom. The van der Waals surface area contributed by atoms with Gasteiger partial charge in [0.15, 0.2) is 0 Å². The lowest BCUT2D eigenvalue weighted by atomic mass is 10.0. The van der Waals surface area contributed by atoms with Crippen LogP contribution >= 0.6 is 0 Å². The number of amides is 2. The summed E-state index contributed by atoms with van der Waals surface area (Å²) in [7, 11) is 0. The molecule has 1 aromatic heterocycles. The highest BCUT2D eigenvalue weighted by Gasteiger charge is 2.18. The van der Waals surface area contributed by atoms with Gasteiger partial charge in [-0.15, -0.1) is 0 Å². The normalized spacial score (nSPS) is 13.0. The van der Waals surface area contributed by atoms with Crippen LogP contribution in [-0.2, 0) is 22.6 Å². The SMILES string of the molecule is O=C(CCn1ccccc1=O)NNC(=O)CN1CCCc2ccccc21. The Kier molecular flexibility index (Phi) is 5.68. The summed E-state index contributed by atoms with van der Waals surface area (Å²) in [6.07, 6.45) is 3.76. The average Bonchev–Trinajstić information content (AvgIpc) is 2.66. The van der Waals surface area contributed by atoms with Crippen molar-refractivity contribution >= 4 is 17.5 Å². The van der Waals surface area contributed by atoms with Gasteiger partial charge in [0.2, 0.25) is 5.91 Å². The van der Waals surface area contributed by atoms with Crippen molar-refractivity contribution in [2.75, 3.05) is 18.0 Å². The minimum atomic E-state index is -0.340. The number of para-hydroxylation sites is 1. The molecule has 3 rings (SSSR count). The summed E-state index contributed by atoms with van der Waals surface area (Å²) in [6.45, 7) is 1.27. The maximum absolute atomic E-state index is 12.1. The summed E-state index contributed by atoms with van der Waals surface area (Å²) in [5.74, 6) is -0.611. The second kappa shape index (κ2) is 8.33. The number of anilines is 1. The summed E-state index contributed by atoms with van der Waals surface area (Å²) in [4.78, 5) is 37.6. The fraction of sp³-hybridized carbons (Fsp3) is 0.316. The number of hydrogen-bond donors (Lipinski definition) is 2. The number of aromatic nitrogens is 1. The Morgan fingerprint density at radius 1 is 1.00 bits per heavy atom. The van der Waals surface area contributed by atoms with Crippen LogP contribution < -0.4 is 21.3 Å². The smallest absolute Gasteiger partial charge is 0.257 e. The maximum Gasteiger partial charge on any atom is 0.257 e.